The Labute approximate surface area is 45.5 Å². The summed E-state index contributed by atoms with van der Waals surface area (Å²) in [6.45, 7) is 0. The van der Waals surface area contributed by atoms with Crippen molar-refractivity contribution < 1.29 is 9.59 Å². The number of nitrogens with zero attached hydrogens (tertiary/aromatic N) is 1. The summed E-state index contributed by atoms with van der Waals surface area (Å²) in [5, 5.41) is 0.752. The van der Waals surface area contributed by atoms with E-state index in [1.165, 1.54) is 6.20 Å². The number of amides is 1. The first-order valence-electron chi connectivity index (χ1n) is 2.02. The van der Waals surface area contributed by atoms with E-state index in [0.717, 1.165) is 11.1 Å². The predicted molar refractivity (Wildman–Crippen MR) is 25.2 cm³/mol. The summed E-state index contributed by atoms with van der Waals surface area (Å²) in [4.78, 5) is 20.5. The fourth-order valence-corrected chi connectivity index (χ4v) is 0.414. The molecule has 0 aromatic rings. The molecule has 0 aromatic heterocycles. The minimum Gasteiger partial charge on any atom is -0.284 e. The first-order valence-corrected chi connectivity index (χ1v) is 2.02. The van der Waals surface area contributed by atoms with E-state index in [4.69, 9.17) is 5.84 Å². The Balaban J connectivity index is 2.85. The molecule has 1 amide bonds. The standard InChI is InChI=1S/C4H4N2O2/c5-6-2-1-3(7)4(6)8/h1-2H,5H2. The Morgan fingerprint density at radius 3 is 2.25 bits per heavy atom. The monoisotopic (exact) mass is 112 g/mol. The van der Waals surface area contributed by atoms with Gasteiger partial charge in [-0.3, -0.25) is 9.59 Å². The number of rotatable bonds is 0. The first-order chi connectivity index (χ1) is 3.72. The summed E-state index contributed by atoms with van der Waals surface area (Å²) < 4.78 is 0. The highest BCUT2D eigenvalue weighted by Gasteiger charge is 2.20. The minimum absolute atomic E-state index is 0.562. The highest BCUT2D eigenvalue weighted by atomic mass is 16.2. The Kier molecular flexibility index (Phi) is 0.881. The van der Waals surface area contributed by atoms with E-state index in [-0.39, 0.29) is 0 Å². The Bertz CT molecular complexity index is 173. The second-order valence-electron chi connectivity index (χ2n) is 1.39. The van der Waals surface area contributed by atoms with Crippen molar-refractivity contribution in [3.63, 3.8) is 0 Å². The van der Waals surface area contributed by atoms with Crippen LogP contribution in [0.4, 0.5) is 0 Å². The van der Waals surface area contributed by atoms with Crippen LogP contribution in [0.15, 0.2) is 12.3 Å². The lowest BCUT2D eigenvalue weighted by atomic mass is 10.4. The average Bonchev–Trinajstić information content (AvgIpc) is 1.98. The van der Waals surface area contributed by atoms with E-state index in [1.54, 1.807) is 0 Å². The number of carbonyl (C=O) groups is 2. The normalized spacial score (nSPS) is 18.4. The maximum atomic E-state index is 10.3. The molecule has 8 heavy (non-hydrogen) atoms. The maximum absolute atomic E-state index is 10.3. The topological polar surface area (TPSA) is 63.4 Å². The molecular weight excluding hydrogens is 108 g/mol. The number of hydrogen-bond donors (Lipinski definition) is 1. The molecule has 0 fully saturated rings. The number of nitrogens with two attached hydrogens (primary N) is 1. The van der Waals surface area contributed by atoms with E-state index in [9.17, 15) is 9.59 Å². The molecule has 1 rings (SSSR count). The highest BCUT2D eigenvalue weighted by Crippen LogP contribution is 1.94. The second-order valence-corrected chi connectivity index (χ2v) is 1.39. The van der Waals surface area contributed by atoms with Crippen LogP contribution in [-0.4, -0.2) is 16.7 Å². The van der Waals surface area contributed by atoms with Gasteiger partial charge < -0.3 is 0 Å². The van der Waals surface area contributed by atoms with Crippen LogP contribution < -0.4 is 5.84 Å². The molecule has 1 aliphatic heterocycles. The van der Waals surface area contributed by atoms with Gasteiger partial charge in [0, 0.05) is 12.3 Å². The summed E-state index contributed by atoms with van der Waals surface area (Å²) in [6.07, 6.45) is 2.35. The largest absolute Gasteiger partial charge is 0.312 e. The van der Waals surface area contributed by atoms with E-state index < -0.39 is 11.7 Å². The van der Waals surface area contributed by atoms with Crippen LogP contribution in [-0.2, 0) is 9.59 Å². The minimum atomic E-state index is -0.676. The summed E-state index contributed by atoms with van der Waals surface area (Å²) >= 11 is 0. The van der Waals surface area contributed by atoms with Crippen LogP contribution in [0.2, 0.25) is 0 Å². The van der Waals surface area contributed by atoms with Gasteiger partial charge in [-0.2, -0.15) is 0 Å². The van der Waals surface area contributed by atoms with E-state index in [1.807, 2.05) is 0 Å². The van der Waals surface area contributed by atoms with Crippen molar-refractivity contribution in [1.29, 1.82) is 0 Å². The van der Waals surface area contributed by atoms with Crippen LogP contribution in [0.3, 0.4) is 0 Å². The molecule has 1 aliphatic rings. The van der Waals surface area contributed by atoms with Crippen LogP contribution in [0.5, 0.6) is 0 Å². The van der Waals surface area contributed by atoms with Gasteiger partial charge in [0.1, 0.15) is 0 Å². The molecule has 4 heteroatoms. The van der Waals surface area contributed by atoms with E-state index in [2.05, 4.69) is 0 Å². The smallest absolute Gasteiger partial charge is 0.284 e. The molecule has 1 heterocycles. The molecule has 2 N–H and O–H groups in total. The van der Waals surface area contributed by atoms with Gasteiger partial charge in [0.05, 0.1) is 0 Å². The summed E-state index contributed by atoms with van der Waals surface area (Å²) in [5.74, 6) is 3.71. The molecule has 0 atom stereocenters. The van der Waals surface area contributed by atoms with Crippen molar-refractivity contribution in [3.05, 3.63) is 12.3 Å². The van der Waals surface area contributed by atoms with Gasteiger partial charge in [-0.25, -0.2) is 10.9 Å². The molecule has 0 aliphatic carbocycles. The van der Waals surface area contributed by atoms with Gasteiger partial charge in [-0.15, -0.1) is 0 Å². The molecule has 0 bridgehead atoms. The molecule has 0 saturated heterocycles. The van der Waals surface area contributed by atoms with Crippen LogP contribution in [0, 0.1) is 0 Å². The van der Waals surface area contributed by atoms with Crippen molar-refractivity contribution in [2.24, 2.45) is 5.84 Å². The van der Waals surface area contributed by atoms with Crippen LogP contribution in [0.25, 0.3) is 0 Å². The zero-order valence-corrected chi connectivity index (χ0v) is 4.00. The number of ketones is 1. The molecule has 0 aromatic carbocycles. The predicted octanol–water partition coefficient (Wildman–Crippen LogP) is -1.21. The van der Waals surface area contributed by atoms with Crippen molar-refractivity contribution in [2.75, 3.05) is 0 Å². The zero-order valence-electron chi connectivity index (χ0n) is 4.00. The fraction of sp³-hybridized carbons (Fsp3) is 0. The molecule has 0 unspecified atom stereocenters. The number of carbonyl (C=O) groups excluding carboxylic acids is 2. The molecule has 4 nitrogen and oxygen atoms in total. The molecular formula is C4H4N2O2. The van der Waals surface area contributed by atoms with Gasteiger partial charge in [-0.1, -0.05) is 0 Å². The molecule has 0 spiro atoms. The van der Waals surface area contributed by atoms with Crippen LogP contribution in [0.1, 0.15) is 0 Å². The molecule has 0 saturated carbocycles. The SMILES string of the molecule is NN1C=CC(=O)C1=O. The van der Waals surface area contributed by atoms with Gasteiger partial charge in [0.25, 0.3) is 0 Å². The first kappa shape index (κ1) is 4.99. The van der Waals surface area contributed by atoms with Gasteiger partial charge in [0.2, 0.25) is 5.78 Å². The molecule has 0 radical (unpaired) electrons. The third-order valence-electron chi connectivity index (χ3n) is 0.832. The van der Waals surface area contributed by atoms with Gasteiger partial charge in [0.15, 0.2) is 0 Å². The van der Waals surface area contributed by atoms with Gasteiger partial charge in [-0.05, 0) is 0 Å². The number of hydrogen-bond acceptors (Lipinski definition) is 3. The van der Waals surface area contributed by atoms with Crippen molar-refractivity contribution in [1.82, 2.24) is 5.01 Å². The average molecular weight is 112 g/mol. The third-order valence-corrected chi connectivity index (χ3v) is 0.832. The van der Waals surface area contributed by atoms with Crippen molar-refractivity contribution >= 4 is 11.7 Å². The lowest BCUT2D eigenvalue weighted by Gasteiger charge is -1.99. The molecule has 42 valence electrons. The summed E-state index contributed by atoms with van der Waals surface area (Å²) in [6, 6.07) is 0. The van der Waals surface area contributed by atoms with Crippen molar-refractivity contribution in [3.8, 4) is 0 Å². The maximum Gasteiger partial charge on any atom is 0.312 e. The fourth-order valence-electron chi connectivity index (χ4n) is 0.414. The second kappa shape index (κ2) is 1.41. The highest BCUT2D eigenvalue weighted by molar-refractivity contribution is 6.42. The van der Waals surface area contributed by atoms with E-state index >= 15 is 0 Å². The lowest BCUT2D eigenvalue weighted by molar-refractivity contribution is -0.139. The Hall–Kier alpha value is -1.16. The zero-order chi connectivity index (χ0) is 6.15. The third kappa shape index (κ3) is 0.509. The Morgan fingerprint density at radius 2 is 2.12 bits per heavy atom. The quantitative estimate of drug-likeness (QED) is 0.243. The summed E-state index contributed by atoms with van der Waals surface area (Å²) in [5.41, 5.74) is 0. The van der Waals surface area contributed by atoms with Crippen LogP contribution >= 0.6 is 0 Å². The van der Waals surface area contributed by atoms with E-state index in [0.29, 0.717) is 0 Å². The van der Waals surface area contributed by atoms with Crippen molar-refractivity contribution in [2.45, 2.75) is 0 Å². The van der Waals surface area contributed by atoms with Gasteiger partial charge >= 0.3 is 5.91 Å². The number of hydrazine groups is 1. The Morgan fingerprint density at radius 1 is 1.50 bits per heavy atom. The summed E-state index contributed by atoms with van der Waals surface area (Å²) in [7, 11) is 0. The lowest BCUT2D eigenvalue weighted by Crippen LogP contribution is -2.31.